The van der Waals surface area contributed by atoms with Crippen LogP contribution in [-0.4, -0.2) is 23.4 Å². The molecule has 20 heavy (non-hydrogen) atoms. The lowest BCUT2D eigenvalue weighted by Crippen LogP contribution is -2.41. The molecule has 5 heteroatoms. The van der Waals surface area contributed by atoms with Gasteiger partial charge in [0, 0.05) is 5.46 Å². The summed E-state index contributed by atoms with van der Waals surface area (Å²) < 4.78 is 25.9. The highest BCUT2D eigenvalue weighted by Crippen LogP contribution is 2.36. The predicted octanol–water partition coefficient (Wildman–Crippen LogP) is 2.35. The van der Waals surface area contributed by atoms with E-state index >= 15 is 0 Å². The van der Waals surface area contributed by atoms with Crippen molar-refractivity contribution in [1.29, 1.82) is 0 Å². The zero-order valence-electron chi connectivity index (χ0n) is 13.0. The van der Waals surface area contributed by atoms with Gasteiger partial charge in [-0.3, -0.25) is 0 Å². The van der Waals surface area contributed by atoms with Crippen LogP contribution in [-0.2, 0) is 14.9 Å². The average Bonchev–Trinajstić information content (AvgIpc) is 2.46. The number of rotatable bonds is 2. The highest BCUT2D eigenvalue weighted by atomic mass is 19.1. The molecule has 3 nitrogen and oxygen atoms in total. The quantitative estimate of drug-likeness (QED) is 0.845. The van der Waals surface area contributed by atoms with E-state index in [1.165, 1.54) is 6.07 Å². The second kappa shape index (κ2) is 4.55. The molecule has 0 saturated carbocycles. The minimum atomic E-state index is -1.07. The summed E-state index contributed by atoms with van der Waals surface area (Å²) in [4.78, 5) is 0. The zero-order valence-corrected chi connectivity index (χ0v) is 13.0. The van der Waals surface area contributed by atoms with Crippen LogP contribution in [0.1, 0.15) is 47.1 Å². The van der Waals surface area contributed by atoms with Crippen molar-refractivity contribution in [2.45, 2.75) is 58.3 Å². The second-order valence-electron chi connectivity index (χ2n) is 6.88. The molecule has 0 amide bonds. The first-order valence-electron chi connectivity index (χ1n) is 6.82. The van der Waals surface area contributed by atoms with Gasteiger partial charge in [-0.15, -0.1) is 0 Å². The third-order valence-electron chi connectivity index (χ3n) is 4.21. The van der Waals surface area contributed by atoms with Crippen molar-refractivity contribution >= 4 is 12.6 Å². The smallest absolute Gasteiger partial charge is 0.399 e. The molecule has 2 rings (SSSR count). The van der Waals surface area contributed by atoms with Crippen molar-refractivity contribution < 1.29 is 18.8 Å². The van der Waals surface area contributed by atoms with Crippen LogP contribution in [0, 0.1) is 5.82 Å². The van der Waals surface area contributed by atoms with Gasteiger partial charge in [-0.05, 0) is 53.2 Å². The van der Waals surface area contributed by atoms with Gasteiger partial charge < -0.3 is 14.4 Å². The molecule has 0 aromatic heterocycles. The van der Waals surface area contributed by atoms with Gasteiger partial charge in [0.2, 0.25) is 0 Å². The summed E-state index contributed by atoms with van der Waals surface area (Å²) in [5.74, 6) is -0.428. The van der Waals surface area contributed by atoms with E-state index in [4.69, 9.17) is 9.31 Å². The number of halogens is 1. The molecule has 0 bridgehead atoms. The second-order valence-corrected chi connectivity index (χ2v) is 6.88. The number of benzene rings is 1. The minimum Gasteiger partial charge on any atom is -0.399 e. The Bertz CT molecular complexity index is 504. The van der Waals surface area contributed by atoms with Crippen molar-refractivity contribution in [1.82, 2.24) is 0 Å². The number of aliphatic hydroxyl groups is 1. The van der Waals surface area contributed by atoms with Crippen LogP contribution in [0.4, 0.5) is 4.39 Å². The van der Waals surface area contributed by atoms with Gasteiger partial charge >= 0.3 is 7.12 Å². The molecule has 1 N–H and O–H groups in total. The third kappa shape index (κ3) is 2.62. The summed E-state index contributed by atoms with van der Waals surface area (Å²) in [6.45, 7) is 10.9. The summed E-state index contributed by atoms with van der Waals surface area (Å²) in [5, 5.41) is 9.91. The number of hydrogen-bond acceptors (Lipinski definition) is 3. The van der Waals surface area contributed by atoms with Crippen LogP contribution in [0.5, 0.6) is 0 Å². The van der Waals surface area contributed by atoms with Gasteiger partial charge in [-0.1, -0.05) is 12.1 Å². The fourth-order valence-electron chi connectivity index (χ4n) is 2.07. The average molecular weight is 280 g/mol. The monoisotopic (exact) mass is 280 g/mol. The topological polar surface area (TPSA) is 38.7 Å². The molecule has 1 heterocycles. The molecule has 0 atom stereocenters. The molecule has 0 aliphatic carbocycles. The molecule has 0 unspecified atom stereocenters. The Morgan fingerprint density at radius 2 is 1.60 bits per heavy atom. The van der Waals surface area contributed by atoms with E-state index < -0.39 is 29.7 Å². The maximum atomic E-state index is 14.3. The van der Waals surface area contributed by atoms with E-state index in [0.29, 0.717) is 11.0 Å². The van der Waals surface area contributed by atoms with Crippen LogP contribution >= 0.6 is 0 Å². The molecule has 110 valence electrons. The first kappa shape index (κ1) is 15.5. The number of hydrogen-bond donors (Lipinski definition) is 1. The summed E-state index contributed by atoms with van der Waals surface area (Å²) >= 11 is 0. The van der Waals surface area contributed by atoms with E-state index in [1.54, 1.807) is 26.0 Å². The van der Waals surface area contributed by atoms with Gasteiger partial charge in [0.15, 0.2) is 0 Å². The lowest BCUT2D eigenvalue weighted by atomic mass is 9.77. The lowest BCUT2D eigenvalue weighted by molar-refractivity contribution is 0.00578. The molecule has 1 aromatic rings. The van der Waals surface area contributed by atoms with Crippen molar-refractivity contribution in [3.8, 4) is 0 Å². The standard InChI is InChI=1S/C15H22BFO3/c1-13(2,18)10-7-8-11(12(17)9-10)16-19-14(3,4)15(5,6)20-16/h7-9,18H,1-6H3. The molecule has 1 saturated heterocycles. The minimum absolute atomic E-state index is 0.358. The van der Waals surface area contributed by atoms with Gasteiger partial charge in [-0.25, -0.2) is 4.39 Å². The maximum absolute atomic E-state index is 14.3. The van der Waals surface area contributed by atoms with Crippen molar-refractivity contribution in [2.75, 3.05) is 0 Å². The molecular weight excluding hydrogens is 258 g/mol. The summed E-state index contributed by atoms with van der Waals surface area (Å²) in [5.41, 5.74) is -1.19. The van der Waals surface area contributed by atoms with Crippen LogP contribution < -0.4 is 5.46 Å². The van der Waals surface area contributed by atoms with Crippen molar-refractivity contribution in [3.63, 3.8) is 0 Å². The highest BCUT2D eigenvalue weighted by molar-refractivity contribution is 6.62. The first-order valence-corrected chi connectivity index (χ1v) is 6.82. The van der Waals surface area contributed by atoms with Gasteiger partial charge in [0.05, 0.1) is 16.8 Å². The van der Waals surface area contributed by atoms with Crippen LogP contribution in [0.15, 0.2) is 18.2 Å². The van der Waals surface area contributed by atoms with Gasteiger partial charge in [0.1, 0.15) is 5.82 Å². The SMILES string of the molecule is CC(C)(O)c1ccc(B2OC(C)(C)C(C)(C)O2)c(F)c1. The Morgan fingerprint density at radius 1 is 1.10 bits per heavy atom. The van der Waals surface area contributed by atoms with Crippen LogP contribution in [0.2, 0.25) is 0 Å². The summed E-state index contributed by atoms with van der Waals surface area (Å²) in [6.07, 6.45) is 0. The normalized spacial score (nSPS) is 21.3. The first-order chi connectivity index (χ1) is 8.94. The van der Waals surface area contributed by atoms with E-state index in [-0.39, 0.29) is 0 Å². The third-order valence-corrected chi connectivity index (χ3v) is 4.21. The van der Waals surface area contributed by atoms with E-state index in [1.807, 2.05) is 27.7 Å². The fraction of sp³-hybridized carbons (Fsp3) is 0.600. The molecule has 1 aliphatic rings. The summed E-state index contributed by atoms with van der Waals surface area (Å²) in [6, 6.07) is 4.65. The van der Waals surface area contributed by atoms with Crippen molar-refractivity contribution in [2.24, 2.45) is 0 Å². The molecule has 0 radical (unpaired) electrons. The predicted molar refractivity (Wildman–Crippen MR) is 77.4 cm³/mol. The van der Waals surface area contributed by atoms with Gasteiger partial charge in [0.25, 0.3) is 0 Å². The molecule has 1 fully saturated rings. The zero-order chi connectivity index (χ0) is 15.3. The van der Waals surface area contributed by atoms with E-state index in [2.05, 4.69) is 0 Å². The largest absolute Gasteiger partial charge is 0.497 e. The maximum Gasteiger partial charge on any atom is 0.497 e. The molecular formula is C15H22BFO3. The molecule has 0 spiro atoms. The Kier molecular flexibility index (Phi) is 3.52. The van der Waals surface area contributed by atoms with Crippen LogP contribution in [0.25, 0.3) is 0 Å². The molecule has 1 aliphatic heterocycles. The lowest BCUT2D eigenvalue weighted by Gasteiger charge is -2.32. The van der Waals surface area contributed by atoms with Crippen molar-refractivity contribution in [3.05, 3.63) is 29.6 Å². The van der Waals surface area contributed by atoms with Gasteiger partial charge in [-0.2, -0.15) is 0 Å². The Labute approximate surface area is 120 Å². The summed E-state index contributed by atoms with van der Waals surface area (Å²) in [7, 11) is -0.726. The highest BCUT2D eigenvalue weighted by Gasteiger charge is 2.52. The Hall–Kier alpha value is -0.905. The molecule has 1 aromatic carbocycles. The van der Waals surface area contributed by atoms with E-state index in [0.717, 1.165) is 0 Å². The Balaban J connectivity index is 2.33. The fourth-order valence-corrected chi connectivity index (χ4v) is 2.07. The Morgan fingerprint density at radius 3 is 2.00 bits per heavy atom. The van der Waals surface area contributed by atoms with E-state index in [9.17, 15) is 9.50 Å². The van der Waals surface area contributed by atoms with Crippen LogP contribution in [0.3, 0.4) is 0 Å².